The minimum atomic E-state index is -4.56. The number of hydrogen-bond donors (Lipinski definition) is 2. The SMILES string of the molecule is O=C(NCC(F)(F)F)c1ccc(S(=O)(=O)NCc2ccnc(Oc3ccc(F)cc3)c2)cc1. The molecule has 0 bridgehead atoms. The molecule has 2 N–H and O–H groups in total. The number of benzene rings is 2. The molecule has 0 aliphatic heterocycles. The number of nitrogens with zero attached hydrogens (tertiary/aromatic N) is 1. The van der Waals surface area contributed by atoms with E-state index in [4.69, 9.17) is 4.74 Å². The normalized spacial score (nSPS) is 11.8. The van der Waals surface area contributed by atoms with Crippen LogP contribution in [0.5, 0.6) is 11.6 Å². The Hall–Kier alpha value is -3.51. The maximum atomic E-state index is 13.0. The summed E-state index contributed by atoms with van der Waals surface area (Å²) in [7, 11) is -3.98. The van der Waals surface area contributed by atoms with E-state index in [2.05, 4.69) is 9.71 Å². The summed E-state index contributed by atoms with van der Waals surface area (Å²) >= 11 is 0. The molecule has 12 heteroatoms. The van der Waals surface area contributed by atoms with Gasteiger partial charge in [-0.2, -0.15) is 13.2 Å². The lowest BCUT2D eigenvalue weighted by Gasteiger charge is -2.10. The van der Waals surface area contributed by atoms with Crippen LogP contribution < -0.4 is 14.8 Å². The molecule has 0 spiro atoms. The Bertz CT molecular complexity index is 1220. The first-order valence-corrected chi connectivity index (χ1v) is 10.8. The second-order valence-electron chi connectivity index (χ2n) is 6.71. The summed E-state index contributed by atoms with van der Waals surface area (Å²) in [4.78, 5) is 15.6. The van der Waals surface area contributed by atoms with Crippen molar-refractivity contribution in [2.45, 2.75) is 17.6 Å². The van der Waals surface area contributed by atoms with Crippen LogP contribution in [-0.2, 0) is 16.6 Å². The van der Waals surface area contributed by atoms with Crippen LogP contribution in [0.4, 0.5) is 17.6 Å². The third kappa shape index (κ3) is 7.26. The molecule has 3 aromatic rings. The van der Waals surface area contributed by atoms with Gasteiger partial charge in [0.15, 0.2) is 0 Å². The molecule has 33 heavy (non-hydrogen) atoms. The van der Waals surface area contributed by atoms with E-state index in [1.54, 1.807) is 11.4 Å². The van der Waals surface area contributed by atoms with Crippen molar-refractivity contribution < 1.29 is 35.5 Å². The average Bonchev–Trinajstić information content (AvgIpc) is 2.78. The highest BCUT2D eigenvalue weighted by Crippen LogP contribution is 2.20. The molecule has 1 amide bonds. The van der Waals surface area contributed by atoms with E-state index in [1.807, 2.05) is 0 Å². The minimum absolute atomic E-state index is 0.113. The Labute approximate surface area is 186 Å². The lowest BCUT2D eigenvalue weighted by Crippen LogP contribution is -2.33. The first kappa shape index (κ1) is 24.1. The molecular weight excluding hydrogens is 466 g/mol. The Morgan fingerprint density at radius 2 is 1.67 bits per heavy atom. The Kier molecular flexibility index (Phi) is 7.29. The Morgan fingerprint density at radius 1 is 1.00 bits per heavy atom. The van der Waals surface area contributed by atoms with Crippen LogP contribution >= 0.6 is 0 Å². The van der Waals surface area contributed by atoms with Crippen molar-refractivity contribution in [3.05, 3.63) is 83.8 Å². The highest BCUT2D eigenvalue weighted by molar-refractivity contribution is 7.89. The van der Waals surface area contributed by atoms with Gasteiger partial charge in [0.05, 0.1) is 4.90 Å². The number of aromatic nitrogens is 1. The van der Waals surface area contributed by atoms with Crippen molar-refractivity contribution in [2.75, 3.05) is 6.54 Å². The molecular formula is C21H17F4N3O4S. The van der Waals surface area contributed by atoms with Crippen LogP contribution in [0.2, 0.25) is 0 Å². The number of halogens is 4. The first-order valence-electron chi connectivity index (χ1n) is 9.35. The molecule has 1 heterocycles. The zero-order valence-electron chi connectivity index (χ0n) is 16.8. The van der Waals surface area contributed by atoms with Gasteiger partial charge in [-0.05, 0) is 60.2 Å². The van der Waals surface area contributed by atoms with Crippen LogP contribution in [0.1, 0.15) is 15.9 Å². The maximum Gasteiger partial charge on any atom is 0.405 e. The molecule has 0 saturated carbocycles. The number of carbonyl (C=O) groups is 1. The molecule has 7 nitrogen and oxygen atoms in total. The maximum absolute atomic E-state index is 13.0. The summed E-state index contributed by atoms with van der Waals surface area (Å²) < 4.78 is 82.5. The molecule has 1 aromatic heterocycles. The van der Waals surface area contributed by atoms with E-state index < -0.39 is 34.5 Å². The second-order valence-corrected chi connectivity index (χ2v) is 8.47. The summed E-state index contributed by atoms with van der Waals surface area (Å²) in [6.07, 6.45) is -3.14. The average molecular weight is 483 g/mol. The zero-order valence-corrected chi connectivity index (χ0v) is 17.6. The van der Waals surface area contributed by atoms with Gasteiger partial charge in [0.25, 0.3) is 5.91 Å². The standard InChI is InChI=1S/C21H17F4N3O4S/c22-16-3-5-17(6-4-16)32-19-11-14(9-10-26-19)12-28-33(30,31)18-7-1-15(2-8-18)20(29)27-13-21(23,24)25/h1-11,28H,12-13H2,(H,27,29). The Balaban J connectivity index is 1.61. The van der Waals surface area contributed by atoms with Crippen LogP contribution in [-0.4, -0.2) is 32.0 Å². The lowest BCUT2D eigenvalue weighted by molar-refractivity contribution is -0.123. The van der Waals surface area contributed by atoms with E-state index in [1.165, 1.54) is 36.5 Å². The number of hydrogen-bond acceptors (Lipinski definition) is 5. The van der Waals surface area contributed by atoms with E-state index in [9.17, 15) is 30.8 Å². The fourth-order valence-electron chi connectivity index (χ4n) is 2.57. The number of pyridine rings is 1. The zero-order chi connectivity index (χ0) is 24.1. The first-order chi connectivity index (χ1) is 15.5. The van der Waals surface area contributed by atoms with Gasteiger partial charge in [0, 0.05) is 24.4 Å². The van der Waals surface area contributed by atoms with Gasteiger partial charge >= 0.3 is 6.18 Å². The molecule has 0 fully saturated rings. The third-order valence-electron chi connectivity index (χ3n) is 4.18. The molecule has 0 radical (unpaired) electrons. The van der Waals surface area contributed by atoms with Crippen molar-refractivity contribution >= 4 is 15.9 Å². The van der Waals surface area contributed by atoms with Crippen molar-refractivity contribution in [3.8, 4) is 11.6 Å². The van der Waals surface area contributed by atoms with Crippen LogP contribution in [0.15, 0.2) is 71.8 Å². The fourth-order valence-corrected chi connectivity index (χ4v) is 3.59. The van der Waals surface area contributed by atoms with Gasteiger partial charge in [-0.15, -0.1) is 0 Å². The minimum Gasteiger partial charge on any atom is -0.439 e. The van der Waals surface area contributed by atoms with Gasteiger partial charge in [0.1, 0.15) is 18.1 Å². The van der Waals surface area contributed by atoms with Gasteiger partial charge in [0.2, 0.25) is 15.9 Å². The summed E-state index contributed by atoms with van der Waals surface area (Å²) in [5.41, 5.74) is 0.406. The number of amides is 1. The monoisotopic (exact) mass is 483 g/mol. The summed E-state index contributed by atoms with van der Waals surface area (Å²) in [5.74, 6) is -0.878. The number of alkyl halides is 3. The highest BCUT2D eigenvalue weighted by Gasteiger charge is 2.28. The molecule has 0 aliphatic carbocycles. The molecule has 0 aliphatic rings. The lowest BCUT2D eigenvalue weighted by atomic mass is 10.2. The van der Waals surface area contributed by atoms with Gasteiger partial charge in [-0.3, -0.25) is 4.79 Å². The predicted octanol–water partition coefficient (Wildman–Crippen LogP) is 3.78. The number of rotatable bonds is 8. The molecule has 174 valence electrons. The fraction of sp³-hybridized carbons (Fsp3) is 0.143. The topological polar surface area (TPSA) is 97.4 Å². The van der Waals surface area contributed by atoms with Gasteiger partial charge < -0.3 is 10.1 Å². The number of ether oxygens (including phenoxy) is 1. The van der Waals surface area contributed by atoms with E-state index >= 15 is 0 Å². The predicted molar refractivity (Wildman–Crippen MR) is 110 cm³/mol. The van der Waals surface area contributed by atoms with Crippen LogP contribution in [0.3, 0.4) is 0 Å². The number of carbonyl (C=O) groups excluding carboxylic acids is 1. The second kappa shape index (κ2) is 9.96. The number of nitrogens with one attached hydrogen (secondary N) is 2. The van der Waals surface area contributed by atoms with Crippen LogP contribution in [0.25, 0.3) is 0 Å². The molecule has 3 rings (SSSR count). The van der Waals surface area contributed by atoms with Crippen molar-refractivity contribution in [1.82, 2.24) is 15.0 Å². The largest absolute Gasteiger partial charge is 0.439 e. The highest BCUT2D eigenvalue weighted by atomic mass is 32.2. The smallest absolute Gasteiger partial charge is 0.405 e. The van der Waals surface area contributed by atoms with E-state index in [-0.39, 0.29) is 22.9 Å². The van der Waals surface area contributed by atoms with E-state index in [0.29, 0.717) is 11.3 Å². The van der Waals surface area contributed by atoms with Crippen molar-refractivity contribution in [3.63, 3.8) is 0 Å². The van der Waals surface area contributed by atoms with E-state index in [0.717, 1.165) is 24.3 Å². The van der Waals surface area contributed by atoms with Gasteiger partial charge in [-0.1, -0.05) is 0 Å². The number of sulfonamides is 1. The van der Waals surface area contributed by atoms with Gasteiger partial charge in [-0.25, -0.2) is 22.5 Å². The third-order valence-corrected chi connectivity index (χ3v) is 5.59. The summed E-state index contributed by atoms with van der Waals surface area (Å²) in [6, 6.07) is 12.8. The summed E-state index contributed by atoms with van der Waals surface area (Å²) in [5, 5.41) is 1.70. The van der Waals surface area contributed by atoms with Crippen LogP contribution in [0, 0.1) is 5.82 Å². The van der Waals surface area contributed by atoms with Crippen molar-refractivity contribution in [2.24, 2.45) is 0 Å². The molecule has 2 aromatic carbocycles. The molecule has 0 atom stereocenters. The molecule has 0 unspecified atom stereocenters. The quantitative estimate of drug-likeness (QED) is 0.476. The molecule has 0 saturated heterocycles. The summed E-state index contributed by atoms with van der Waals surface area (Å²) in [6.45, 7) is -1.61. The Morgan fingerprint density at radius 3 is 2.30 bits per heavy atom. The van der Waals surface area contributed by atoms with Crippen molar-refractivity contribution in [1.29, 1.82) is 0 Å².